The van der Waals surface area contributed by atoms with Crippen molar-refractivity contribution in [1.29, 1.82) is 0 Å². The molecule has 0 spiro atoms. The molecule has 0 radical (unpaired) electrons. The Bertz CT molecular complexity index is 893. The second kappa shape index (κ2) is 10.4. The number of ether oxygens (including phenoxy) is 3. The zero-order valence-corrected chi connectivity index (χ0v) is 19.7. The van der Waals surface area contributed by atoms with E-state index in [0.29, 0.717) is 17.1 Å². The Morgan fingerprint density at radius 1 is 0.906 bits per heavy atom. The van der Waals surface area contributed by atoms with Crippen LogP contribution >= 0.6 is 0 Å². The van der Waals surface area contributed by atoms with E-state index < -0.39 is 23.1 Å². The van der Waals surface area contributed by atoms with E-state index in [4.69, 9.17) is 14.2 Å². The summed E-state index contributed by atoms with van der Waals surface area (Å²) in [6.07, 6.45) is 1.25. The topological polar surface area (TPSA) is 117 Å². The van der Waals surface area contributed by atoms with E-state index in [9.17, 15) is 9.59 Å². The molecule has 1 aromatic carbocycles. The Hall–Kier alpha value is -3.14. The van der Waals surface area contributed by atoms with Gasteiger partial charge in [-0.25, -0.2) is 0 Å². The molecule has 174 valence electrons. The van der Waals surface area contributed by atoms with E-state index in [2.05, 4.69) is 20.4 Å². The van der Waals surface area contributed by atoms with Crippen LogP contribution in [0.15, 0.2) is 24.5 Å². The monoisotopic (exact) mass is 445 g/mol. The predicted molar refractivity (Wildman–Crippen MR) is 117 cm³/mol. The predicted octanol–water partition coefficient (Wildman–Crippen LogP) is 2.43. The van der Waals surface area contributed by atoms with Gasteiger partial charge in [0.25, 0.3) is 0 Å². The molecule has 1 aromatic heterocycles. The number of methoxy groups -OCH3 is 1. The average Bonchev–Trinajstić information content (AvgIpc) is 2.65. The quantitative estimate of drug-likeness (QED) is 0.561. The van der Waals surface area contributed by atoms with Crippen LogP contribution in [0.1, 0.15) is 47.1 Å². The highest BCUT2D eigenvalue weighted by Crippen LogP contribution is 2.26. The summed E-state index contributed by atoms with van der Waals surface area (Å²) in [5, 5.41) is 15.4. The second-order valence-corrected chi connectivity index (χ2v) is 9.21. The van der Waals surface area contributed by atoms with Crippen LogP contribution in [0.4, 0.5) is 0 Å². The second-order valence-electron chi connectivity index (χ2n) is 9.21. The molecular formula is C22H31N5O5. The van der Waals surface area contributed by atoms with Gasteiger partial charge >= 0.3 is 11.9 Å². The highest BCUT2D eigenvalue weighted by Gasteiger charge is 2.24. The molecule has 0 atom stereocenters. The third-order valence-corrected chi connectivity index (χ3v) is 3.89. The van der Waals surface area contributed by atoms with Crippen LogP contribution in [0.25, 0.3) is 11.4 Å². The average molecular weight is 446 g/mol. The highest BCUT2D eigenvalue weighted by atomic mass is 16.6. The maximum Gasteiger partial charge on any atom is 0.320 e. The zero-order chi connectivity index (χ0) is 23.9. The van der Waals surface area contributed by atoms with Crippen LogP contribution in [0.2, 0.25) is 0 Å². The fourth-order valence-electron chi connectivity index (χ4n) is 2.86. The van der Waals surface area contributed by atoms with Crippen molar-refractivity contribution < 1.29 is 23.8 Å². The number of hydrogen-bond donors (Lipinski definition) is 0. The molecule has 2 aromatic rings. The number of carbonyl (C=O) groups is 2. The van der Waals surface area contributed by atoms with Crippen molar-refractivity contribution >= 4 is 11.9 Å². The molecule has 10 heteroatoms. The highest BCUT2D eigenvalue weighted by molar-refractivity contribution is 5.75. The van der Waals surface area contributed by atoms with E-state index >= 15 is 0 Å². The van der Waals surface area contributed by atoms with Crippen LogP contribution in [0.5, 0.6) is 5.75 Å². The first-order valence-corrected chi connectivity index (χ1v) is 10.2. The summed E-state index contributed by atoms with van der Waals surface area (Å²) < 4.78 is 16.4. The summed E-state index contributed by atoms with van der Waals surface area (Å²) in [6.45, 7) is 10.8. The fourth-order valence-corrected chi connectivity index (χ4v) is 2.86. The van der Waals surface area contributed by atoms with Gasteiger partial charge in [-0.05, 0) is 47.6 Å². The smallest absolute Gasteiger partial charge is 0.320 e. The number of aromatic nitrogens is 4. The molecule has 0 fully saturated rings. The van der Waals surface area contributed by atoms with Gasteiger partial charge in [0.15, 0.2) is 6.33 Å². The van der Waals surface area contributed by atoms with Gasteiger partial charge in [-0.2, -0.15) is 0 Å². The van der Waals surface area contributed by atoms with Crippen molar-refractivity contribution in [3.05, 3.63) is 30.1 Å². The maximum atomic E-state index is 12.4. The Balaban J connectivity index is 2.24. The van der Waals surface area contributed by atoms with Crippen LogP contribution in [-0.4, -0.2) is 68.6 Å². The third kappa shape index (κ3) is 8.54. The molecule has 1 heterocycles. The minimum absolute atomic E-state index is 0.0863. The third-order valence-electron chi connectivity index (χ3n) is 3.89. The molecule has 0 amide bonds. The number of carbonyl (C=O) groups excluding carboxylic acids is 2. The van der Waals surface area contributed by atoms with E-state index in [1.807, 2.05) is 6.07 Å². The van der Waals surface area contributed by atoms with E-state index in [0.717, 1.165) is 5.56 Å². The number of esters is 2. The molecule has 0 N–H and O–H groups in total. The molecule has 0 saturated carbocycles. The Labute approximate surface area is 188 Å². The molecule has 32 heavy (non-hydrogen) atoms. The first-order valence-electron chi connectivity index (χ1n) is 10.2. The molecule has 0 aliphatic carbocycles. The Kier molecular flexibility index (Phi) is 8.20. The van der Waals surface area contributed by atoms with Gasteiger partial charge in [-0.1, -0.05) is 12.1 Å². The summed E-state index contributed by atoms with van der Waals surface area (Å²) in [4.78, 5) is 26.5. The SMILES string of the molecule is COc1cc(-c2nncnn2)ccc1CN(CC(=O)OC(C)(C)C)CC(=O)OC(C)(C)C. The van der Waals surface area contributed by atoms with Crippen LogP contribution in [-0.2, 0) is 25.6 Å². The molecular weight excluding hydrogens is 414 g/mol. The van der Waals surface area contributed by atoms with Crippen LogP contribution in [0, 0.1) is 0 Å². The first-order chi connectivity index (χ1) is 14.9. The van der Waals surface area contributed by atoms with Gasteiger partial charge in [0.2, 0.25) is 5.82 Å². The first kappa shape index (κ1) is 25.1. The lowest BCUT2D eigenvalue weighted by Crippen LogP contribution is -2.39. The molecule has 0 aliphatic rings. The van der Waals surface area contributed by atoms with Crippen molar-refractivity contribution in [2.45, 2.75) is 59.3 Å². The molecule has 2 rings (SSSR count). The largest absolute Gasteiger partial charge is 0.496 e. The molecule has 10 nitrogen and oxygen atoms in total. The Morgan fingerprint density at radius 3 is 1.91 bits per heavy atom. The minimum atomic E-state index is -0.633. The van der Waals surface area contributed by atoms with Gasteiger partial charge in [0, 0.05) is 17.7 Å². The molecule has 0 bridgehead atoms. The lowest BCUT2D eigenvalue weighted by molar-refractivity contribution is -0.160. The molecule has 0 aliphatic heterocycles. The number of hydrogen-bond acceptors (Lipinski definition) is 10. The van der Waals surface area contributed by atoms with Gasteiger partial charge in [-0.15, -0.1) is 20.4 Å². The fraction of sp³-hybridized carbons (Fsp3) is 0.545. The normalized spacial score (nSPS) is 11.9. The van der Waals surface area contributed by atoms with Crippen molar-refractivity contribution in [3.8, 4) is 17.1 Å². The number of benzene rings is 1. The van der Waals surface area contributed by atoms with Gasteiger partial charge in [0.1, 0.15) is 17.0 Å². The Morgan fingerprint density at radius 2 is 1.44 bits per heavy atom. The minimum Gasteiger partial charge on any atom is -0.496 e. The van der Waals surface area contributed by atoms with Crippen LogP contribution < -0.4 is 4.74 Å². The summed E-state index contributed by atoms with van der Waals surface area (Å²) in [5.74, 6) is 0.0306. The summed E-state index contributed by atoms with van der Waals surface area (Å²) in [6, 6.07) is 5.38. The maximum absolute atomic E-state index is 12.4. The molecule has 0 unspecified atom stereocenters. The van der Waals surface area contributed by atoms with Crippen LogP contribution in [0.3, 0.4) is 0 Å². The summed E-state index contributed by atoms with van der Waals surface area (Å²) >= 11 is 0. The van der Waals surface area contributed by atoms with Gasteiger partial charge < -0.3 is 14.2 Å². The molecule has 0 saturated heterocycles. The summed E-state index contributed by atoms with van der Waals surface area (Å²) in [5.41, 5.74) is 0.176. The van der Waals surface area contributed by atoms with Crippen molar-refractivity contribution in [2.75, 3.05) is 20.2 Å². The van der Waals surface area contributed by atoms with E-state index in [1.54, 1.807) is 58.6 Å². The lowest BCUT2D eigenvalue weighted by Gasteiger charge is -2.26. The number of nitrogens with zero attached hydrogens (tertiary/aromatic N) is 5. The number of rotatable bonds is 8. The summed E-state index contributed by atoms with van der Waals surface area (Å²) in [7, 11) is 1.54. The van der Waals surface area contributed by atoms with Crippen molar-refractivity contribution in [1.82, 2.24) is 25.3 Å². The van der Waals surface area contributed by atoms with Gasteiger partial charge in [-0.3, -0.25) is 14.5 Å². The zero-order valence-electron chi connectivity index (χ0n) is 19.7. The van der Waals surface area contributed by atoms with Crippen molar-refractivity contribution in [2.24, 2.45) is 0 Å². The van der Waals surface area contributed by atoms with E-state index in [1.165, 1.54) is 13.4 Å². The standard InChI is InChI=1S/C22H31N5O5/c1-21(2,3)31-18(28)12-27(13-19(29)32-22(4,5)6)11-16-9-8-15(10-17(16)30-7)20-25-23-14-24-26-20/h8-10,14H,11-13H2,1-7H3. The van der Waals surface area contributed by atoms with Crippen molar-refractivity contribution in [3.63, 3.8) is 0 Å². The lowest BCUT2D eigenvalue weighted by atomic mass is 10.1. The van der Waals surface area contributed by atoms with Gasteiger partial charge in [0.05, 0.1) is 20.2 Å². The van der Waals surface area contributed by atoms with E-state index in [-0.39, 0.29) is 19.6 Å².